The van der Waals surface area contributed by atoms with Crippen LogP contribution >= 0.6 is 0 Å². The van der Waals surface area contributed by atoms with E-state index in [9.17, 15) is 0 Å². The zero-order chi connectivity index (χ0) is 18.5. The molecular weight excluding hydrogens is 334 g/mol. The third kappa shape index (κ3) is 4.42. The summed E-state index contributed by atoms with van der Waals surface area (Å²) in [4.78, 5) is 11.5. The lowest BCUT2D eigenvalue weighted by atomic mass is 9.89. The summed E-state index contributed by atoms with van der Waals surface area (Å²) >= 11 is 0. The Hall–Kier alpha value is -2.53. The molecule has 1 aromatic carbocycles. The van der Waals surface area contributed by atoms with E-state index in [0.29, 0.717) is 5.92 Å². The van der Waals surface area contributed by atoms with E-state index in [0.717, 1.165) is 56.8 Å². The second-order valence-corrected chi connectivity index (χ2v) is 7.34. The highest BCUT2D eigenvalue weighted by Gasteiger charge is 2.24. The Morgan fingerprint density at radius 3 is 2.70 bits per heavy atom. The quantitative estimate of drug-likeness (QED) is 0.727. The van der Waals surface area contributed by atoms with Gasteiger partial charge < -0.3 is 0 Å². The number of aryl methyl sites for hydroxylation is 1. The van der Waals surface area contributed by atoms with Crippen molar-refractivity contribution in [3.05, 3.63) is 77.1 Å². The second kappa shape index (κ2) is 8.44. The first-order valence-corrected chi connectivity index (χ1v) is 9.91. The third-order valence-electron chi connectivity index (χ3n) is 5.45. The van der Waals surface area contributed by atoms with Crippen LogP contribution in [0.25, 0.3) is 0 Å². The molecule has 0 atom stereocenters. The van der Waals surface area contributed by atoms with Crippen molar-refractivity contribution in [2.75, 3.05) is 13.1 Å². The number of benzene rings is 1. The highest BCUT2D eigenvalue weighted by atomic mass is 15.1. The molecule has 5 heteroatoms. The smallest absolute Gasteiger partial charge is 0.128 e. The van der Waals surface area contributed by atoms with Crippen LogP contribution in [0.4, 0.5) is 0 Å². The van der Waals surface area contributed by atoms with E-state index in [1.54, 1.807) is 0 Å². The second-order valence-electron chi connectivity index (χ2n) is 7.34. The molecule has 0 saturated carbocycles. The summed E-state index contributed by atoms with van der Waals surface area (Å²) in [6, 6.07) is 12.7. The lowest BCUT2D eigenvalue weighted by molar-refractivity contribution is 0.200. The molecular formula is C22H27N5. The average molecular weight is 361 g/mol. The summed E-state index contributed by atoms with van der Waals surface area (Å²) in [6.45, 7) is 5.21. The normalized spacial score (nSPS) is 15.9. The van der Waals surface area contributed by atoms with Crippen molar-refractivity contribution in [3.8, 4) is 0 Å². The van der Waals surface area contributed by atoms with Crippen LogP contribution in [0.2, 0.25) is 0 Å². The zero-order valence-corrected chi connectivity index (χ0v) is 15.9. The van der Waals surface area contributed by atoms with E-state index in [4.69, 9.17) is 0 Å². The molecule has 2 aromatic heterocycles. The molecule has 0 amide bonds. The molecule has 1 saturated heterocycles. The number of likely N-dealkylation sites (tertiary alicyclic amines) is 1. The van der Waals surface area contributed by atoms with Crippen molar-refractivity contribution in [2.45, 2.75) is 45.1 Å². The first kappa shape index (κ1) is 17.9. The van der Waals surface area contributed by atoms with Gasteiger partial charge >= 0.3 is 0 Å². The number of nitrogens with zero attached hydrogens (tertiary/aromatic N) is 4. The number of nitrogens with one attached hydrogen (secondary N) is 1. The molecule has 1 N–H and O–H groups in total. The summed E-state index contributed by atoms with van der Waals surface area (Å²) < 4.78 is 0. The van der Waals surface area contributed by atoms with Crippen molar-refractivity contribution < 1.29 is 0 Å². The molecule has 1 fully saturated rings. The zero-order valence-electron chi connectivity index (χ0n) is 15.9. The molecule has 0 spiro atoms. The van der Waals surface area contributed by atoms with Crippen LogP contribution in [0.15, 0.2) is 48.8 Å². The van der Waals surface area contributed by atoms with E-state index in [1.165, 1.54) is 16.8 Å². The molecule has 1 aliphatic heterocycles. The van der Waals surface area contributed by atoms with Gasteiger partial charge in [0.15, 0.2) is 0 Å². The van der Waals surface area contributed by atoms with Crippen LogP contribution < -0.4 is 0 Å². The number of hydrogen-bond acceptors (Lipinski definition) is 4. The SMILES string of the molecule is CCc1nccc(CN2CCC(c3[nH]ncc3Cc3ccccc3)CC2)n1. The highest BCUT2D eigenvalue weighted by molar-refractivity contribution is 5.29. The van der Waals surface area contributed by atoms with Gasteiger partial charge in [0.2, 0.25) is 0 Å². The standard InChI is InChI=1S/C22H27N5/c1-2-21-23-11-8-20(25-21)16-27-12-9-18(10-13-27)22-19(15-24-26-22)14-17-6-4-3-5-7-17/h3-8,11,15,18H,2,9-10,12-14,16H2,1H3,(H,24,26). The van der Waals surface area contributed by atoms with E-state index in [-0.39, 0.29) is 0 Å². The summed E-state index contributed by atoms with van der Waals surface area (Å²) in [5, 5.41) is 7.63. The minimum Gasteiger partial charge on any atom is -0.297 e. The van der Waals surface area contributed by atoms with Crippen molar-refractivity contribution in [2.24, 2.45) is 0 Å². The largest absolute Gasteiger partial charge is 0.297 e. The Morgan fingerprint density at radius 2 is 1.93 bits per heavy atom. The monoisotopic (exact) mass is 361 g/mol. The van der Waals surface area contributed by atoms with Crippen LogP contribution in [-0.2, 0) is 19.4 Å². The van der Waals surface area contributed by atoms with Gasteiger partial charge in [-0.2, -0.15) is 5.10 Å². The molecule has 3 aromatic rings. The number of H-pyrrole nitrogens is 1. The van der Waals surface area contributed by atoms with Crippen molar-refractivity contribution >= 4 is 0 Å². The van der Waals surface area contributed by atoms with Gasteiger partial charge in [0, 0.05) is 37.2 Å². The maximum Gasteiger partial charge on any atom is 0.128 e. The van der Waals surface area contributed by atoms with E-state index >= 15 is 0 Å². The Kier molecular flexibility index (Phi) is 5.58. The molecule has 140 valence electrons. The molecule has 4 rings (SSSR count). The number of aromatic amines is 1. The van der Waals surface area contributed by atoms with Crippen LogP contribution in [0.1, 0.15) is 54.0 Å². The fourth-order valence-corrected chi connectivity index (χ4v) is 3.94. The molecule has 3 heterocycles. The Balaban J connectivity index is 1.36. The summed E-state index contributed by atoms with van der Waals surface area (Å²) in [5.74, 6) is 1.50. The average Bonchev–Trinajstić information content (AvgIpc) is 3.17. The van der Waals surface area contributed by atoms with Crippen molar-refractivity contribution in [3.63, 3.8) is 0 Å². The lowest BCUT2D eigenvalue weighted by Crippen LogP contribution is -2.33. The minimum atomic E-state index is 0.569. The molecule has 0 unspecified atom stereocenters. The predicted octanol–water partition coefficient (Wildman–Crippen LogP) is 3.73. The van der Waals surface area contributed by atoms with Gasteiger partial charge in [-0.15, -0.1) is 0 Å². The lowest BCUT2D eigenvalue weighted by Gasteiger charge is -2.31. The number of piperidine rings is 1. The molecule has 27 heavy (non-hydrogen) atoms. The van der Waals surface area contributed by atoms with Crippen molar-refractivity contribution in [1.29, 1.82) is 0 Å². The van der Waals surface area contributed by atoms with Gasteiger partial charge in [0.05, 0.1) is 11.9 Å². The van der Waals surface area contributed by atoms with Gasteiger partial charge in [0.1, 0.15) is 5.82 Å². The van der Waals surface area contributed by atoms with Gasteiger partial charge in [-0.05, 0) is 43.1 Å². The molecule has 0 bridgehead atoms. The van der Waals surface area contributed by atoms with Crippen LogP contribution in [0.3, 0.4) is 0 Å². The Bertz CT molecular complexity index is 850. The first-order valence-electron chi connectivity index (χ1n) is 9.91. The summed E-state index contributed by atoms with van der Waals surface area (Å²) in [7, 11) is 0. The highest BCUT2D eigenvalue weighted by Crippen LogP contribution is 2.30. The van der Waals surface area contributed by atoms with Crippen LogP contribution in [-0.4, -0.2) is 38.2 Å². The number of hydrogen-bond donors (Lipinski definition) is 1. The third-order valence-corrected chi connectivity index (χ3v) is 5.45. The van der Waals surface area contributed by atoms with E-state index in [2.05, 4.69) is 62.3 Å². The minimum absolute atomic E-state index is 0.569. The van der Waals surface area contributed by atoms with Crippen LogP contribution in [0.5, 0.6) is 0 Å². The molecule has 0 aliphatic carbocycles. The summed E-state index contributed by atoms with van der Waals surface area (Å²) in [6.07, 6.45) is 8.05. The van der Waals surface area contributed by atoms with Crippen LogP contribution in [0, 0.1) is 0 Å². The van der Waals surface area contributed by atoms with Gasteiger partial charge in [-0.25, -0.2) is 9.97 Å². The fourth-order valence-electron chi connectivity index (χ4n) is 3.94. The first-order chi connectivity index (χ1) is 13.3. The molecule has 5 nitrogen and oxygen atoms in total. The predicted molar refractivity (Wildman–Crippen MR) is 106 cm³/mol. The van der Waals surface area contributed by atoms with Gasteiger partial charge in [-0.3, -0.25) is 10.00 Å². The summed E-state index contributed by atoms with van der Waals surface area (Å²) in [5.41, 5.74) is 5.14. The molecule has 0 radical (unpaired) electrons. The number of rotatable bonds is 6. The van der Waals surface area contributed by atoms with Gasteiger partial charge in [0.25, 0.3) is 0 Å². The molecule has 1 aliphatic rings. The maximum absolute atomic E-state index is 4.65. The van der Waals surface area contributed by atoms with Crippen molar-refractivity contribution in [1.82, 2.24) is 25.1 Å². The van der Waals surface area contributed by atoms with E-state index < -0.39 is 0 Å². The fraction of sp³-hybridized carbons (Fsp3) is 0.409. The van der Waals surface area contributed by atoms with Gasteiger partial charge in [-0.1, -0.05) is 37.3 Å². The maximum atomic E-state index is 4.65. The number of aromatic nitrogens is 4. The Morgan fingerprint density at radius 1 is 1.11 bits per heavy atom. The topological polar surface area (TPSA) is 57.7 Å². The Labute approximate surface area is 160 Å². The van der Waals surface area contributed by atoms with E-state index in [1.807, 2.05) is 18.5 Å².